The number of anilines is 2. The molecule has 0 radical (unpaired) electrons. The molecule has 5 rings (SSSR count). The molecule has 0 bridgehead atoms. The molecule has 2 aromatic rings. The summed E-state index contributed by atoms with van der Waals surface area (Å²) in [4.78, 5) is 36.9. The van der Waals surface area contributed by atoms with Gasteiger partial charge in [-0.2, -0.15) is 18.3 Å². The number of imide groups is 1. The fourth-order valence-electron chi connectivity index (χ4n) is 3.79. The number of hydrogen-bond acceptors (Lipinski definition) is 8. The Labute approximate surface area is 202 Å². The van der Waals surface area contributed by atoms with Gasteiger partial charge in [-0.05, 0) is 44.6 Å². The number of carboxylic acids is 1. The van der Waals surface area contributed by atoms with Crippen LogP contribution in [0.2, 0.25) is 0 Å². The zero-order valence-electron chi connectivity index (χ0n) is 18.9. The zero-order chi connectivity index (χ0) is 26.0. The average Bonchev–Trinajstić information content (AvgIpc) is 3.45. The Morgan fingerprint density at radius 2 is 1.72 bits per heavy atom. The lowest BCUT2D eigenvalue weighted by molar-refractivity contribution is -0.192. The van der Waals surface area contributed by atoms with E-state index in [1.165, 1.54) is 0 Å². The number of carbonyl (C=O) groups is 3. The van der Waals surface area contributed by atoms with Crippen LogP contribution < -0.4 is 27.0 Å². The summed E-state index contributed by atoms with van der Waals surface area (Å²) in [7, 11) is 0. The number of amides is 3. The highest BCUT2D eigenvalue weighted by Gasteiger charge is 2.38. The third kappa shape index (κ3) is 6.21. The topological polar surface area (TPSA) is 176 Å². The van der Waals surface area contributed by atoms with Gasteiger partial charge in [0.2, 0.25) is 0 Å². The molecule has 2 saturated carbocycles. The number of rotatable bonds is 5. The molecule has 0 aromatic carbocycles. The Kier molecular flexibility index (Phi) is 7.01. The average molecular weight is 510 g/mol. The molecule has 1 aliphatic heterocycles. The van der Waals surface area contributed by atoms with Gasteiger partial charge in [0, 0.05) is 23.7 Å². The number of halogens is 3. The predicted octanol–water partition coefficient (Wildman–Crippen LogP) is 1.80. The smallest absolute Gasteiger partial charge is 0.475 e. The summed E-state index contributed by atoms with van der Waals surface area (Å²) in [5.41, 5.74) is 8.41. The van der Waals surface area contributed by atoms with E-state index in [9.17, 15) is 22.8 Å². The van der Waals surface area contributed by atoms with Gasteiger partial charge in [-0.25, -0.2) is 19.1 Å². The second-order valence-corrected chi connectivity index (χ2v) is 8.82. The van der Waals surface area contributed by atoms with E-state index < -0.39 is 24.1 Å². The highest BCUT2D eigenvalue weighted by molar-refractivity contribution is 6.14. The van der Waals surface area contributed by atoms with Gasteiger partial charge in [-0.1, -0.05) is 0 Å². The van der Waals surface area contributed by atoms with Crippen molar-refractivity contribution in [3.63, 3.8) is 0 Å². The lowest BCUT2D eigenvalue weighted by Crippen LogP contribution is -2.33. The van der Waals surface area contributed by atoms with E-state index in [0.29, 0.717) is 23.3 Å². The van der Waals surface area contributed by atoms with Crippen molar-refractivity contribution in [3.05, 3.63) is 23.7 Å². The first-order chi connectivity index (χ1) is 17.0. The van der Waals surface area contributed by atoms with Gasteiger partial charge < -0.3 is 26.8 Å². The summed E-state index contributed by atoms with van der Waals surface area (Å²) in [6.45, 7) is 0. The number of fused-ring (bicyclic) bond motifs is 1. The molecule has 0 unspecified atom stereocenters. The number of carbonyl (C=O) groups excluding carboxylic acids is 2. The fraction of sp³-hybridized carbons (Fsp3) is 0.476. The highest BCUT2D eigenvalue weighted by Crippen LogP contribution is 2.31. The molecule has 3 fully saturated rings. The number of aromatic nitrogens is 3. The van der Waals surface area contributed by atoms with Crippen LogP contribution in [-0.2, 0) is 9.59 Å². The number of carboxylic acid groups (broad SMARTS) is 1. The van der Waals surface area contributed by atoms with Crippen LogP contribution in [-0.4, -0.2) is 61.9 Å². The standard InChI is InChI=1S/C19H24N8O2.C2HF3O2/c20-11-1-3-13(4-2-11)23-16-15(22-12-5-6-12)9-27-17(25-16)10(8-21-27)7-14-18(28)26-19(29)24-14;3-2(4,5)1(6)7/h7-9,11-13,22H,1-6,20H2,(H,23,25)(H2,24,26,28,29);(H,6,7)/b14-7-;/t11-,13-;. The normalized spacial score (nSPS) is 23.1. The summed E-state index contributed by atoms with van der Waals surface area (Å²) >= 11 is 0. The minimum atomic E-state index is -5.08. The Balaban J connectivity index is 0.000000384. The fourth-order valence-corrected chi connectivity index (χ4v) is 3.79. The van der Waals surface area contributed by atoms with Crippen LogP contribution in [0.15, 0.2) is 18.1 Å². The van der Waals surface area contributed by atoms with Gasteiger partial charge in [0.15, 0.2) is 11.5 Å². The summed E-state index contributed by atoms with van der Waals surface area (Å²) < 4.78 is 33.4. The molecular formula is C21H25F3N8O4. The molecule has 2 aliphatic carbocycles. The number of nitrogens with two attached hydrogens (primary N) is 1. The number of nitrogens with zero attached hydrogens (tertiary/aromatic N) is 3. The Hall–Kier alpha value is -3.88. The number of alkyl halides is 3. The van der Waals surface area contributed by atoms with Crippen LogP contribution in [0.3, 0.4) is 0 Å². The summed E-state index contributed by atoms with van der Waals surface area (Å²) in [6, 6.07) is 0.561. The monoisotopic (exact) mass is 510 g/mol. The quantitative estimate of drug-likeness (QED) is 0.259. The van der Waals surface area contributed by atoms with Crippen molar-refractivity contribution < 1.29 is 32.7 Å². The van der Waals surface area contributed by atoms with Crippen LogP contribution in [0, 0.1) is 0 Å². The molecule has 1 saturated heterocycles. The van der Waals surface area contributed by atoms with Gasteiger partial charge in [0.1, 0.15) is 5.70 Å². The molecule has 15 heteroatoms. The Morgan fingerprint density at radius 3 is 2.28 bits per heavy atom. The third-order valence-corrected chi connectivity index (χ3v) is 5.83. The molecule has 12 nitrogen and oxygen atoms in total. The highest BCUT2D eigenvalue weighted by atomic mass is 19.4. The first kappa shape index (κ1) is 25.2. The predicted molar refractivity (Wildman–Crippen MR) is 122 cm³/mol. The number of aliphatic carboxylic acids is 1. The largest absolute Gasteiger partial charge is 0.490 e. The van der Waals surface area contributed by atoms with E-state index in [1.54, 1.807) is 16.8 Å². The van der Waals surface area contributed by atoms with E-state index in [-0.39, 0.29) is 11.7 Å². The van der Waals surface area contributed by atoms with Crippen molar-refractivity contribution >= 4 is 41.1 Å². The van der Waals surface area contributed by atoms with Crippen molar-refractivity contribution in [2.24, 2.45) is 5.73 Å². The van der Waals surface area contributed by atoms with Gasteiger partial charge in [-0.3, -0.25) is 10.1 Å². The second kappa shape index (κ2) is 10.0. The van der Waals surface area contributed by atoms with Crippen molar-refractivity contribution in [1.82, 2.24) is 25.2 Å². The molecule has 7 N–H and O–H groups in total. The minimum Gasteiger partial charge on any atom is -0.475 e. The number of hydrogen-bond donors (Lipinski definition) is 6. The maximum Gasteiger partial charge on any atom is 0.490 e. The lowest BCUT2D eigenvalue weighted by Gasteiger charge is -2.28. The van der Waals surface area contributed by atoms with Crippen molar-refractivity contribution in [2.45, 2.75) is 62.8 Å². The van der Waals surface area contributed by atoms with Crippen molar-refractivity contribution in [2.75, 3.05) is 10.6 Å². The number of urea groups is 1. The zero-order valence-corrected chi connectivity index (χ0v) is 18.9. The molecule has 2 aromatic heterocycles. The van der Waals surface area contributed by atoms with E-state index in [4.69, 9.17) is 20.6 Å². The Bertz CT molecular complexity index is 1200. The molecular weight excluding hydrogens is 485 g/mol. The molecule has 194 valence electrons. The van der Waals surface area contributed by atoms with Crippen molar-refractivity contribution in [1.29, 1.82) is 0 Å². The van der Waals surface area contributed by atoms with Gasteiger partial charge in [0.05, 0.1) is 18.1 Å². The molecule has 3 heterocycles. The van der Waals surface area contributed by atoms with Crippen molar-refractivity contribution in [3.8, 4) is 0 Å². The second-order valence-electron chi connectivity index (χ2n) is 8.82. The van der Waals surface area contributed by atoms with E-state index >= 15 is 0 Å². The maximum atomic E-state index is 11.8. The SMILES string of the molecule is N[C@H]1CC[C@H](Nc2nc3c(/C=C4\NC(=O)NC4=O)cnn3cc2NC2CC2)CC1.O=C(O)C(F)(F)F. The third-order valence-electron chi connectivity index (χ3n) is 5.83. The summed E-state index contributed by atoms with van der Waals surface area (Å²) in [5, 5.41) is 23.3. The molecule has 0 spiro atoms. The van der Waals surface area contributed by atoms with Crippen LogP contribution >= 0.6 is 0 Å². The molecule has 0 atom stereocenters. The first-order valence-electron chi connectivity index (χ1n) is 11.3. The molecule has 3 amide bonds. The van der Waals surface area contributed by atoms with Crippen LogP contribution in [0.1, 0.15) is 44.1 Å². The molecule has 3 aliphatic rings. The van der Waals surface area contributed by atoms with Gasteiger partial charge in [0.25, 0.3) is 5.91 Å². The van der Waals surface area contributed by atoms with Crippen LogP contribution in [0.5, 0.6) is 0 Å². The Morgan fingerprint density at radius 1 is 1.11 bits per heavy atom. The maximum absolute atomic E-state index is 11.8. The van der Waals surface area contributed by atoms with Crippen LogP contribution in [0.4, 0.5) is 29.5 Å². The van der Waals surface area contributed by atoms with E-state index in [0.717, 1.165) is 50.0 Å². The molecule has 36 heavy (non-hydrogen) atoms. The van der Waals surface area contributed by atoms with E-state index in [1.807, 2.05) is 6.20 Å². The summed E-state index contributed by atoms with van der Waals surface area (Å²) in [5.74, 6) is -2.43. The number of nitrogens with one attached hydrogen (secondary N) is 4. The lowest BCUT2D eigenvalue weighted by atomic mass is 9.92. The van der Waals surface area contributed by atoms with Gasteiger partial charge >= 0.3 is 18.2 Å². The first-order valence-corrected chi connectivity index (χ1v) is 11.3. The van der Waals surface area contributed by atoms with Gasteiger partial charge in [-0.15, -0.1) is 0 Å². The van der Waals surface area contributed by atoms with Crippen LogP contribution in [0.25, 0.3) is 11.7 Å². The summed E-state index contributed by atoms with van der Waals surface area (Å²) in [6.07, 6.45) is 6.41. The van der Waals surface area contributed by atoms with E-state index in [2.05, 4.69) is 26.4 Å². The minimum absolute atomic E-state index is 0.183.